The van der Waals surface area contributed by atoms with Gasteiger partial charge in [0, 0.05) is 25.2 Å². The van der Waals surface area contributed by atoms with E-state index in [1.165, 1.54) is 9.80 Å². The molecule has 0 spiro atoms. The number of para-hydroxylation sites is 2. The number of nitrogens with zero attached hydrogens (tertiary/aromatic N) is 2. The molecule has 1 aliphatic carbocycles. The molecule has 12 heteroatoms. The van der Waals surface area contributed by atoms with Crippen molar-refractivity contribution in [2.45, 2.75) is 39.8 Å². The van der Waals surface area contributed by atoms with Crippen LogP contribution in [0.3, 0.4) is 0 Å². The van der Waals surface area contributed by atoms with Gasteiger partial charge in [-0.1, -0.05) is 50.2 Å². The first-order valence-electron chi connectivity index (χ1n) is 15.9. The van der Waals surface area contributed by atoms with Gasteiger partial charge < -0.3 is 38.3 Å². The third-order valence-electron chi connectivity index (χ3n) is 8.19. The molecule has 252 valence electrons. The van der Waals surface area contributed by atoms with Crippen molar-refractivity contribution in [1.29, 1.82) is 0 Å². The average Bonchev–Trinajstić information content (AvgIpc) is 3.69. The van der Waals surface area contributed by atoms with Crippen molar-refractivity contribution in [3.05, 3.63) is 96.4 Å². The van der Waals surface area contributed by atoms with Gasteiger partial charge in [-0.15, -0.1) is 0 Å². The first-order valence-corrected chi connectivity index (χ1v) is 15.9. The Balaban J connectivity index is 1.36. The number of carboxylic acid groups (broad SMARTS) is 2. The fourth-order valence-electron chi connectivity index (χ4n) is 6.05. The lowest BCUT2D eigenvalue weighted by Gasteiger charge is -2.48. The van der Waals surface area contributed by atoms with Crippen LogP contribution in [0.2, 0.25) is 0 Å². The van der Waals surface area contributed by atoms with Crippen LogP contribution >= 0.6 is 0 Å². The van der Waals surface area contributed by atoms with Gasteiger partial charge in [0.15, 0.2) is 0 Å². The number of hydrogen-bond acceptors (Lipinski definition) is 8. The molecule has 1 fully saturated rings. The van der Waals surface area contributed by atoms with Crippen LogP contribution in [0.25, 0.3) is 0 Å². The summed E-state index contributed by atoms with van der Waals surface area (Å²) < 4.78 is 23.1. The van der Waals surface area contributed by atoms with E-state index in [9.17, 15) is 29.4 Å². The lowest BCUT2D eigenvalue weighted by atomic mass is 9.55. The van der Waals surface area contributed by atoms with E-state index in [-0.39, 0.29) is 38.1 Å². The first-order chi connectivity index (χ1) is 23.2. The minimum absolute atomic E-state index is 0.0262. The second kappa shape index (κ2) is 15.4. The highest BCUT2D eigenvalue weighted by atomic mass is 16.6. The Bertz CT molecular complexity index is 1570. The summed E-state index contributed by atoms with van der Waals surface area (Å²) in [6.45, 7) is 4.11. The van der Waals surface area contributed by atoms with Crippen LogP contribution in [0.4, 0.5) is 0 Å². The highest BCUT2D eigenvalue weighted by Crippen LogP contribution is 2.49. The Labute approximate surface area is 277 Å². The van der Waals surface area contributed by atoms with Crippen molar-refractivity contribution in [1.82, 2.24) is 9.80 Å². The zero-order valence-corrected chi connectivity index (χ0v) is 26.7. The largest absolute Gasteiger partial charge is 0.481 e. The van der Waals surface area contributed by atoms with Crippen LogP contribution in [0.1, 0.15) is 38.2 Å². The SMILES string of the molecule is CCCN(Cc1ccc(Oc2ccccc2)o1)C(=O)C1C(C(=O)O)C(C(=O)O)C1C(=O)N(CCC)Cc1ccc(Oc2ccccc2)o1. The van der Waals surface area contributed by atoms with E-state index in [4.69, 9.17) is 18.3 Å². The molecule has 0 saturated heterocycles. The summed E-state index contributed by atoms with van der Waals surface area (Å²) in [6, 6.07) is 24.5. The number of hydrogen-bond donors (Lipinski definition) is 2. The van der Waals surface area contributed by atoms with Gasteiger partial charge in [-0.05, 0) is 49.2 Å². The molecule has 1 saturated carbocycles. The number of amides is 2. The number of carboxylic acids is 2. The molecular formula is C36H38N2O10. The number of ether oxygens (including phenoxy) is 2. The van der Waals surface area contributed by atoms with Gasteiger partial charge in [0.05, 0.1) is 36.8 Å². The number of aliphatic carboxylic acids is 2. The highest BCUT2D eigenvalue weighted by Gasteiger charge is 2.64. The molecule has 2 N–H and O–H groups in total. The summed E-state index contributed by atoms with van der Waals surface area (Å²) >= 11 is 0. The van der Waals surface area contributed by atoms with E-state index < -0.39 is 47.4 Å². The Kier molecular flexibility index (Phi) is 10.8. The predicted molar refractivity (Wildman–Crippen MR) is 171 cm³/mol. The van der Waals surface area contributed by atoms with Crippen molar-refractivity contribution in [3.63, 3.8) is 0 Å². The number of furan rings is 2. The maximum absolute atomic E-state index is 14.1. The van der Waals surface area contributed by atoms with Crippen molar-refractivity contribution < 1.29 is 47.7 Å². The number of carbonyl (C=O) groups is 4. The van der Waals surface area contributed by atoms with Gasteiger partial charge in [0.2, 0.25) is 11.8 Å². The Morgan fingerprint density at radius 1 is 0.583 bits per heavy atom. The maximum Gasteiger partial charge on any atom is 0.308 e. The van der Waals surface area contributed by atoms with Crippen molar-refractivity contribution >= 4 is 23.8 Å². The van der Waals surface area contributed by atoms with E-state index in [1.54, 1.807) is 48.5 Å². The molecule has 0 aliphatic heterocycles. The smallest absolute Gasteiger partial charge is 0.308 e. The third-order valence-corrected chi connectivity index (χ3v) is 8.19. The Hall–Kier alpha value is -5.52. The van der Waals surface area contributed by atoms with E-state index in [0.717, 1.165) is 0 Å². The molecule has 0 radical (unpaired) electrons. The molecule has 2 amide bonds. The monoisotopic (exact) mass is 658 g/mol. The lowest BCUT2D eigenvalue weighted by Crippen LogP contribution is -2.64. The second-order valence-electron chi connectivity index (χ2n) is 11.6. The summed E-state index contributed by atoms with van der Waals surface area (Å²) in [5, 5.41) is 20.2. The van der Waals surface area contributed by atoms with Crippen LogP contribution in [0.15, 0.2) is 93.8 Å². The molecule has 12 nitrogen and oxygen atoms in total. The summed E-state index contributed by atoms with van der Waals surface area (Å²) in [6.07, 6.45) is 1.05. The molecule has 2 heterocycles. The van der Waals surface area contributed by atoms with Gasteiger partial charge in [-0.2, -0.15) is 0 Å². The summed E-state index contributed by atoms with van der Waals surface area (Å²) in [5.74, 6) is -7.84. The number of benzene rings is 2. The van der Waals surface area contributed by atoms with Gasteiger partial charge in [0.25, 0.3) is 11.9 Å². The molecule has 1 aliphatic rings. The van der Waals surface area contributed by atoms with Crippen LogP contribution in [0.5, 0.6) is 23.4 Å². The second-order valence-corrected chi connectivity index (χ2v) is 11.6. The fraction of sp³-hybridized carbons (Fsp3) is 0.333. The Morgan fingerprint density at radius 3 is 1.29 bits per heavy atom. The summed E-state index contributed by atoms with van der Waals surface area (Å²) in [5.41, 5.74) is 0. The molecule has 4 atom stereocenters. The first kappa shape index (κ1) is 33.8. The van der Waals surface area contributed by atoms with E-state index >= 15 is 0 Å². The number of carbonyl (C=O) groups excluding carboxylic acids is 2. The topological polar surface area (TPSA) is 160 Å². The molecule has 48 heavy (non-hydrogen) atoms. The van der Waals surface area contributed by atoms with Crippen molar-refractivity contribution in [2.24, 2.45) is 23.7 Å². The van der Waals surface area contributed by atoms with E-state index in [0.29, 0.717) is 35.9 Å². The molecule has 0 bridgehead atoms. The molecule has 4 aromatic rings. The normalized spacial score (nSPS) is 18.4. The Morgan fingerprint density at radius 2 is 0.958 bits per heavy atom. The average molecular weight is 659 g/mol. The molecule has 4 unspecified atom stereocenters. The van der Waals surface area contributed by atoms with Crippen molar-refractivity contribution in [3.8, 4) is 23.4 Å². The molecule has 5 rings (SSSR count). The van der Waals surface area contributed by atoms with Gasteiger partial charge >= 0.3 is 11.9 Å². The zero-order valence-electron chi connectivity index (χ0n) is 26.7. The standard InChI is InChI=1S/C36H38N2O10/c1-3-19-37(21-25-15-17-27(47-25)45-23-11-7-5-8-12-23)33(39)29-30(32(36(43)44)31(29)35(41)42)34(40)38(20-4-2)22-26-16-18-28(48-26)46-24-13-9-6-10-14-24/h5-18,29-32H,3-4,19-22H2,1-2H3,(H,41,42)(H,43,44). The molecule has 2 aromatic heterocycles. The van der Waals surface area contributed by atoms with Crippen LogP contribution in [-0.4, -0.2) is 56.9 Å². The quantitative estimate of drug-likeness (QED) is 0.140. The fourth-order valence-corrected chi connectivity index (χ4v) is 6.05. The maximum atomic E-state index is 14.1. The number of rotatable bonds is 16. The van der Waals surface area contributed by atoms with E-state index in [1.807, 2.05) is 50.2 Å². The zero-order chi connectivity index (χ0) is 34.2. The van der Waals surface area contributed by atoms with Crippen LogP contribution in [-0.2, 0) is 32.3 Å². The van der Waals surface area contributed by atoms with Gasteiger partial charge in [-0.25, -0.2) is 0 Å². The van der Waals surface area contributed by atoms with Crippen LogP contribution in [0, 0.1) is 23.7 Å². The molecular weight excluding hydrogens is 620 g/mol. The van der Waals surface area contributed by atoms with Gasteiger partial charge in [0.1, 0.15) is 23.0 Å². The summed E-state index contributed by atoms with van der Waals surface area (Å²) in [4.78, 5) is 55.9. The lowest BCUT2D eigenvalue weighted by molar-refractivity contribution is -0.188. The van der Waals surface area contributed by atoms with Gasteiger partial charge in [-0.3, -0.25) is 19.2 Å². The molecule has 2 aromatic carbocycles. The summed E-state index contributed by atoms with van der Waals surface area (Å²) in [7, 11) is 0. The minimum atomic E-state index is -1.59. The predicted octanol–water partition coefficient (Wildman–Crippen LogP) is 6.28. The van der Waals surface area contributed by atoms with Crippen molar-refractivity contribution in [2.75, 3.05) is 13.1 Å². The van der Waals surface area contributed by atoms with E-state index in [2.05, 4.69) is 0 Å². The minimum Gasteiger partial charge on any atom is -0.481 e. The highest BCUT2D eigenvalue weighted by molar-refractivity contribution is 5.99. The third kappa shape index (κ3) is 7.71. The van der Waals surface area contributed by atoms with Crippen LogP contribution < -0.4 is 9.47 Å².